The van der Waals surface area contributed by atoms with Gasteiger partial charge >= 0.3 is 0 Å². The summed E-state index contributed by atoms with van der Waals surface area (Å²) in [6.45, 7) is 7.97. The van der Waals surface area contributed by atoms with E-state index in [9.17, 15) is 4.79 Å². The molecule has 0 saturated carbocycles. The van der Waals surface area contributed by atoms with Crippen molar-refractivity contribution in [1.29, 1.82) is 0 Å². The number of carbonyl (C=O) groups is 1. The van der Waals surface area contributed by atoms with Gasteiger partial charge in [-0.15, -0.1) is 0 Å². The fraction of sp³-hybridized carbons (Fsp3) is 0.471. The number of anilines is 1. The van der Waals surface area contributed by atoms with Gasteiger partial charge in [0.25, 0.3) is 0 Å². The SMILES string of the molecule is CC(=O)Nc1cc(C)c(C=CC2CCNCC2)c(C)c1. The topological polar surface area (TPSA) is 41.1 Å². The highest BCUT2D eigenvalue weighted by atomic mass is 16.1. The van der Waals surface area contributed by atoms with Crippen LogP contribution in [-0.2, 0) is 4.79 Å². The first-order valence-corrected chi connectivity index (χ1v) is 7.34. The molecule has 0 radical (unpaired) electrons. The molecule has 0 spiro atoms. The third kappa shape index (κ3) is 3.94. The number of aryl methyl sites for hydroxylation is 2. The summed E-state index contributed by atoms with van der Waals surface area (Å²) in [6.07, 6.45) is 7.03. The molecular formula is C17H24N2O. The number of benzene rings is 1. The van der Waals surface area contributed by atoms with Crippen molar-refractivity contribution in [2.45, 2.75) is 33.6 Å². The van der Waals surface area contributed by atoms with Crippen molar-refractivity contribution in [2.24, 2.45) is 5.92 Å². The summed E-state index contributed by atoms with van der Waals surface area (Å²) in [5.41, 5.74) is 4.57. The van der Waals surface area contributed by atoms with Crippen LogP contribution in [-0.4, -0.2) is 19.0 Å². The molecule has 1 aromatic carbocycles. The molecule has 1 aliphatic heterocycles. The lowest BCUT2D eigenvalue weighted by Crippen LogP contribution is -2.26. The molecule has 2 N–H and O–H groups in total. The van der Waals surface area contributed by atoms with E-state index in [0.29, 0.717) is 5.92 Å². The van der Waals surface area contributed by atoms with Gasteiger partial charge in [-0.1, -0.05) is 12.2 Å². The zero-order valence-electron chi connectivity index (χ0n) is 12.6. The molecule has 108 valence electrons. The molecule has 2 rings (SSSR count). The lowest BCUT2D eigenvalue weighted by Gasteiger charge is -2.19. The number of carbonyl (C=O) groups excluding carboxylic acids is 1. The first-order chi connectivity index (χ1) is 9.56. The van der Waals surface area contributed by atoms with Gasteiger partial charge in [0, 0.05) is 12.6 Å². The fourth-order valence-electron chi connectivity index (χ4n) is 2.78. The van der Waals surface area contributed by atoms with E-state index in [1.807, 2.05) is 12.1 Å². The Morgan fingerprint density at radius 3 is 2.40 bits per heavy atom. The summed E-state index contributed by atoms with van der Waals surface area (Å²) in [5, 5.41) is 6.24. The van der Waals surface area contributed by atoms with E-state index in [2.05, 4.69) is 36.6 Å². The second kappa shape index (κ2) is 6.71. The molecule has 0 bridgehead atoms. The van der Waals surface area contributed by atoms with E-state index in [1.54, 1.807) is 0 Å². The highest BCUT2D eigenvalue weighted by Gasteiger charge is 2.10. The summed E-state index contributed by atoms with van der Waals surface area (Å²) in [4.78, 5) is 11.1. The molecule has 1 aliphatic rings. The van der Waals surface area contributed by atoms with Gasteiger partial charge < -0.3 is 10.6 Å². The van der Waals surface area contributed by atoms with Gasteiger partial charge in [0.05, 0.1) is 0 Å². The van der Waals surface area contributed by atoms with Crippen molar-refractivity contribution in [3.63, 3.8) is 0 Å². The van der Waals surface area contributed by atoms with Crippen molar-refractivity contribution in [3.8, 4) is 0 Å². The van der Waals surface area contributed by atoms with E-state index in [4.69, 9.17) is 0 Å². The fourth-order valence-corrected chi connectivity index (χ4v) is 2.78. The summed E-state index contributed by atoms with van der Waals surface area (Å²) >= 11 is 0. The average Bonchev–Trinajstić information content (AvgIpc) is 2.38. The Balaban J connectivity index is 2.15. The van der Waals surface area contributed by atoms with Crippen molar-refractivity contribution < 1.29 is 4.79 Å². The third-order valence-electron chi connectivity index (χ3n) is 3.83. The zero-order chi connectivity index (χ0) is 14.5. The van der Waals surface area contributed by atoms with Crippen molar-refractivity contribution in [3.05, 3.63) is 34.9 Å². The summed E-state index contributed by atoms with van der Waals surface area (Å²) < 4.78 is 0. The first kappa shape index (κ1) is 14.8. The van der Waals surface area contributed by atoms with Crippen LogP contribution >= 0.6 is 0 Å². The van der Waals surface area contributed by atoms with E-state index in [0.717, 1.165) is 18.8 Å². The van der Waals surface area contributed by atoms with Crippen LogP contribution < -0.4 is 10.6 Å². The number of amides is 1. The molecule has 0 unspecified atom stereocenters. The van der Waals surface area contributed by atoms with E-state index >= 15 is 0 Å². The van der Waals surface area contributed by atoms with Crippen molar-refractivity contribution in [1.82, 2.24) is 5.32 Å². The third-order valence-corrected chi connectivity index (χ3v) is 3.83. The largest absolute Gasteiger partial charge is 0.326 e. The molecule has 1 saturated heterocycles. The monoisotopic (exact) mass is 272 g/mol. The van der Waals surface area contributed by atoms with Crippen LogP contribution in [0.1, 0.15) is 36.5 Å². The van der Waals surface area contributed by atoms with Gasteiger partial charge in [-0.2, -0.15) is 0 Å². The molecule has 0 aliphatic carbocycles. The van der Waals surface area contributed by atoms with Gasteiger partial charge in [0.15, 0.2) is 0 Å². The Hall–Kier alpha value is -1.61. The Morgan fingerprint density at radius 2 is 1.85 bits per heavy atom. The second-order valence-corrected chi connectivity index (χ2v) is 5.65. The number of rotatable bonds is 3. The van der Waals surface area contributed by atoms with Gasteiger partial charge in [-0.25, -0.2) is 0 Å². The van der Waals surface area contributed by atoms with Gasteiger partial charge in [-0.05, 0) is 74.5 Å². The van der Waals surface area contributed by atoms with E-state index in [1.165, 1.54) is 36.5 Å². The summed E-state index contributed by atoms with van der Waals surface area (Å²) in [7, 11) is 0. The lowest BCUT2D eigenvalue weighted by molar-refractivity contribution is -0.114. The molecular weight excluding hydrogens is 248 g/mol. The Kier molecular flexibility index (Phi) is 4.96. The quantitative estimate of drug-likeness (QED) is 0.886. The summed E-state index contributed by atoms with van der Waals surface area (Å²) in [6, 6.07) is 4.08. The minimum atomic E-state index is -0.0261. The molecule has 3 heteroatoms. The Morgan fingerprint density at radius 1 is 1.25 bits per heavy atom. The van der Waals surface area contributed by atoms with Crippen LogP contribution in [0, 0.1) is 19.8 Å². The van der Waals surface area contributed by atoms with Crippen LogP contribution in [0.5, 0.6) is 0 Å². The average molecular weight is 272 g/mol. The predicted molar refractivity (Wildman–Crippen MR) is 84.8 cm³/mol. The predicted octanol–water partition coefficient (Wildman–Crippen LogP) is 3.27. The molecule has 3 nitrogen and oxygen atoms in total. The molecule has 20 heavy (non-hydrogen) atoms. The number of allylic oxidation sites excluding steroid dienone is 1. The van der Waals surface area contributed by atoms with Gasteiger partial charge in [-0.3, -0.25) is 4.79 Å². The van der Waals surface area contributed by atoms with E-state index in [-0.39, 0.29) is 5.91 Å². The highest BCUT2D eigenvalue weighted by Crippen LogP contribution is 2.23. The van der Waals surface area contributed by atoms with Crippen molar-refractivity contribution >= 4 is 17.7 Å². The Bertz CT molecular complexity index is 491. The minimum absolute atomic E-state index is 0.0261. The molecule has 0 aromatic heterocycles. The van der Waals surface area contributed by atoms with Crippen LogP contribution in [0.25, 0.3) is 6.08 Å². The highest BCUT2D eigenvalue weighted by molar-refractivity contribution is 5.89. The molecule has 1 aromatic rings. The number of piperidine rings is 1. The molecule has 1 amide bonds. The maximum absolute atomic E-state index is 11.1. The van der Waals surface area contributed by atoms with Crippen LogP contribution in [0.15, 0.2) is 18.2 Å². The zero-order valence-corrected chi connectivity index (χ0v) is 12.6. The minimum Gasteiger partial charge on any atom is -0.326 e. The first-order valence-electron chi connectivity index (χ1n) is 7.34. The Labute approximate surface area is 121 Å². The number of nitrogens with one attached hydrogen (secondary N) is 2. The number of hydrogen-bond donors (Lipinski definition) is 2. The van der Waals surface area contributed by atoms with Crippen molar-refractivity contribution in [2.75, 3.05) is 18.4 Å². The summed E-state index contributed by atoms with van der Waals surface area (Å²) in [5.74, 6) is 0.659. The van der Waals surface area contributed by atoms with Gasteiger partial charge in [0.2, 0.25) is 5.91 Å². The number of hydrogen-bond acceptors (Lipinski definition) is 2. The van der Waals surface area contributed by atoms with Crippen LogP contribution in [0.4, 0.5) is 5.69 Å². The smallest absolute Gasteiger partial charge is 0.221 e. The molecule has 0 atom stereocenters. The lowest BCUT2D eigenvalue weighted by atomic mass is 9.94. The van der Waals surface area contributed by atoms with Crippen LogP contribution in [0.2, 0.25) is 0 Å². The normalized spacial score (nSPS) is 16.6. The standard InChI is InChI=1S/C17H24N2O/c1-12-10-16(19-14(3)20)11-13(2)17(12)5-4-15-6-8-18-9-7-15/h4-5,10-11,15,18H,6-9H2,1-3H3,(H,19,20). The second-order valence-electron chi connectivity index (χ2n) is 5.65. The maximum Gasteiger partial charge on any atom is 0.221 e. The molecule has 1 heterocycles. The molecule has 1 fully saturated rings. The van der Waals surface area contributed by atoms with Gasteiger partial charge in [0.1, 0.15) is 0 Å². The van der Waals surface area contributed by atoms with E-state index < -0.39 is 0 Å². The van der Waals surface area contributed by atoms with Crippen LogP contribution in [0.3, 0.4) is 0 Å². The maximum atomic E-state index is 11.1.